The number of oxime groups is 2. The van der Waals surface area contributed by atoms with Gasteiger partial charge in [0.1, 0.15) is 11.7 Å². The third-order valence-electron chi connectivity index (χ3n) is 44.0. The number of nitrogens with two attached hydrogens (primary N) is 2. The van der Waals surface area contributed by atoms with Crippen LogP contribution in [0.5, 0.6) is 0 Å². The van der Waals surface area contributed by atoms with E-state index in [1.807, 2.05) is 0 Å². The number of carbonyl (C=O) groups excluding carboxylic acids is 1. The normalized spacial score (nSPS) is 50.2. The second-order valence-corrected chi connectivity index (χ2v) is 48.8. The minimum absolute atomic E-state index is 0.104. The highest BCUT2D eigenvalue weighted by Gasteiger charge is 2.71. The van der Waals surface area contributed by atoms with E-state index in [9.17, 15) is 50.6 Å². The fourth-order valence-corrected chi connectivity index (χ4v) is 38.3. The fraction of sp³-hybridized carbons (Fsp3) is 0.943. The van der Waals surface area contributed by atoms with Gasteiger partial charge >= 0.3 is 11.9 Å². The molecule has 0 amide bonds. The van der Waals surface area contributed by atoms with Gasteiger partial charge in [0, 0.05) is 25.7 Å². The Hall–Kier alpha value is -3.84. The topological polar surface area (TPSA) is 357 Å². The van der Waals surface area contributed by atoms with Crippen molar-refractivity contribution in [3.05, 3.63) is 16.4 Å². The molecule has 16 aliphatic rings. The number of H-pyrrole nitrogens is 1. The molecule has 44 atom stereocenters. The average Bonchev–Trinajstić information content (AvgIpc) is 1.71. The first-order valence-electron chi connectivity index (χ1n) is 52.0. The Morgan fingerprint density at radius 1 is 0.456 bits per heavy atom. The molecule has 0 bridgehead atoms. The summed E-state index contributed by atoms with van der Waals surface area (Å²) in [5, 5.41) is 108. The second kappa shape index (κ2) is 37.9. The minimum atomic E-state index is -0.826. The standard InChI is InChI=1S/C28H48N2O5.C26H42N2O4.C26H43NO.C25H44N2O3/c1-6-18-22-15-17(31)10-12-28(22,5)21-11-13-27(4)19(8-9-20(27)24(21)25(18)32)16(3)14-23(29)30-35-26(33)34-7-2;1-5-16-20-13-15(29)8-10-26(20,4)19-9-11-25(3)17(6-7-18(25)22(19)23(16)30)14(2)12-21-27-24(31)32-28-21;1-6-18-22-15-16(2)9-12-26(22,5)21-10-13-25(4)19(17(3)11-14-27)7-8-20(25)23(21)24(18)28;1-5-16-20-13-15(28)8-10-25(20,4)19-9-11-24(3)17(14(2)12-21(26)27-30)6-7-18(24)22(19)23(16)29/h16-22,24-25,31-32H,6-15H2,1-5H3,(H2,29,30);14-20,22-23,29-30H,5-13H2,1-4H3,(H,27,28,31);16-24,28H,6-13,15H2,1-5H3;14-20,22-23,28-30H,5-13H2,1-4H3,(H2,26,27)/t16-,17-,18-,19-,20?,21?,22+,24?,25-,27-,28-;14-,15-,16-,17-,18?,19?,20+,22?,23-,25-,26-;16-,17-,18-,19-,20?,21?,22+,23?,24-,25-,26-;14-,15-,16-,17-,18?,19?,20+,22?,23-,24-,25-/m1111/s1. The van der Waals surface area contributed by atoms with E-state index in [0.717, 1.165) is 121 Å². The molecular weight excluding hydrogens is 1570 g/mol. The average molecular weight is 1750 g/mol. The van der Waals surface area contributed by atoms with Gasteiger partial charge in [0.25, 0.3) is 0 Å². The van der Waals surface area contributed by atoms with Crippen LogP contribution < -0.4 is 17.2 Å². The monoisotopic (exact) mass is 1740 g/mol. The number of aliphatic hydroxyl groups is 7. The first-order valence-corrected chi connectivity index (χ1v) is 52.0. The molecule has 125 heavy (non-hydrogen) atoms. The molecule has 1 aromatic rings. The van der Waals surface area contributed by atoms with E-state index in [1.54, 1.807) is 6.92 Å². The van der Waals surface area contributed by atoms with Gasteiger partial charge in [-0.1, -0.05) is 165 Å². The summed E-state index contributed by atoms with van der Waals surface area (Å²) in [6.07, 6.45) is 36.6. The molecule has 13 N–H and O–H groups in total. The summed E-state index contributed by atoms with van der Waals surface area (Å²) < 4.78 is 9.48. The number of ether oxygens (including phenoxy) is 1. The number of rotatable bonds is 17. The van der Waals surface area contributed by atoms with E-state index < -0.39 is 11.9 Å². The van der Waals surface area contributed by atoms with Gasteiger partial charge in [0.15, 0.2) is 5.82 Å². The zero-order valence-corrected chi connectivity index (χ0v) is 81.0. The summed E-state index contributed by atoms with van der Waals surface area (Å²) in [5.74, 6) is 15.3. The Morgan fingerprint density at radius 3 is 1.09 bits per heavy atom. The van der Waals surface area contributed by atoms with Crippen LogP contribution >= 0.6 is 0 Å². The summed E-state index contributed by atoms with van der Waals surface area (Å²) in [6.45, 7) is 42.5. The number of aliphatic hydroxyl groups excluding tert-OH is 7. The fourth-order valence-electron chi connectivity index (χ4n) is 38.3. The molecule has 710 valence electrons. The van der Waals surface area contributed by atoms with Crippen molar-refractivity contribution in [1.82, 2.24) is 10.1 Å². The van der Waals surface area contributed by atoms with Gasteiger partial charge in [0.2, 0.25) is 0 Å². The van der Waals surface area contributed by atoms with Gasteiger partial charge in [-0.2, -0.15) is 5.26 Å². The molecule has 20 nitrogen and oxygen atoms in total. The predicted molar refractivity (Wildman–Crippen MR) is 490 cm³/mol. The van der Waals surface area contributed by atoms with Gasteiger partial charge in [-0.3, -0.25) is 14.3 Å². The third-order valence-corrected chi connectivity index (χ3v) is 44.0. The van der Waals surface area contributed by atoms with Gasteiger partial charge < -0.3 is 57.2 Å². The number of nitriles is 1. The molecule has 0 saturated heterocycles. The zero-order valence-electron chi connectivity index (χ0n) is 81.0. The van der Waals surface area contributed by atoms with Crippen LogP contribution in [0.15, 0.2) is 19.6 Å². The van der Waals surface area contributed by atoms with Gasteiger partial charge in [-0.25, -0.2) is 9.59 Å². The van der Waals surface area contributed by atoms with Crippen LogP contribution in [-0.2, 0) is 16.0 Å². The Balaban J connectivity index is 0.000000136. The molecule has 0 spiro atoms. The van der Waals surface area contributed by atoms with Crippen LogP contribution in [0.4, 0.5) is 4.79 Å². The summed E-state index contributed by atoms with van der Waals surface area (Å²) in [4.78, 5) is 30.3. The van der Waals surface area contributed by atoms with Crippen molar-refractivity contribution in [1.29, 1.82) is 5.26 Å². The highest BCUT2D eigenvalue weighted by Crippen LogP contribution is 2.76. The van der Waals surface area contributed by atoms with Gasteiger partial charge in [-0.05, 0) is 395 Å². The maximum Gasteiger partial charge on any atom is 0.535 e. The molecule has 17 rings (SSSR count). The van der Waals surface area contributed by atoms with E-state index in [-0.39, 0.29) is 87.7 Å². The summed E-state index contributed by atoms with van der Waals surface area (Å²) >= 11 is 0. The summed E-state index contributed by atoms with van der Waals surface area (Å²) in [6, 6.07) is 2.44. The molecule has 0 radical (unpaired) electrons. The van der Waals surface area contributed by atoms with Crippen LogP contribution in [0.2, 0.25) is 0 Å². The van der Waals surface area contributed by atoms with Crippen molar-refractivity contribution in [2.45, 2.75) is 399 Å². The lowest BCUT2D eigenvalue weighted by Gasteiger charge is -2.65. The predicted octanol–water partition coefficient (Wildman–Crippen LogP) is 20.1. The smallest absolute Gasteiger partial charge is 0.433 e. The van der Waals surface area contributed by atoms with Crippen molar-refractivity contribution in [2.75, 3.05) is 6.61 Å². The highest BCUT2D eigenvalue weighted by molar-refractivity contribution is 5.80. The maximum absolute atomic E-state index is 11.8. The first-order chi connectivity index (χ1) is 59.2. The molecule has 0 aromatic carbocycles. The molecule has 12 unspecified atom stereocenters. The Kier molecular flexibility index (Phi) is 29.5. The number of amidine groups is 2. The van der Waals surface area contributed by atoms with Crippen LogP contribution in [0.25, 0.3) is 0 Å². The Bertz CT molecular complexity index is 3960. The van der Waals surface area contributed by atoms with E-state index in [0.29, 0.717) is 201 Å². The molecule has 16 fully saturated rings. The second-order valence-electron chi connectivity index (χ2n) is 48.8. The number of aromatic nitrogens is 2. The number of aromatic amines is 1. The number of nitrogens with zero attached hydrogens (tertiary/aromatic N) is 4. The minimum Gasteiger partial charge on any atom is -0.433 e. The van der Waals surface area contributed by atoms with Crippen molar-refractivity contribution >= 4 is 17.8 Å². The van der Waals surface area contributed by atoms with Crippen molar-refractivity contribution in [3.63, 3.8) is 0 Å². The van der Waals surface area contributed by atoms with Crippen LogP contribution in [0.3, 0.4) is 0 Å². The molecule has 1 heterocycles. The lowest BCUT2D eigenvalue weighted by molar-refractivity contribution is -0.203. The van der Waals surface area contributed by atoms with E-state index in [4.69, 9.17) is 30.8 Å². The van der Waals surface area contributed by atoms with Crippen molar-refractivity contribution in [2.24, 2.45) is 237 Å². The Labute approximate surface area is 753 Å². The lowest BCUT2D eigenvalue weighted by atomic mass is 9.41. The molecule has 20 heteroatoms. The summed E-state index contributed by atoms with van der Waals surface area (Å²) in [5.41, 5.74) is 14.1. The van der Waals surface area contributed by atoms with Crippen molar-refractivity contribution < 1.29 is 59.8 Å². The molecule has 16 aliphatic carbocycles. The highest BCUT2D eigenvalue weighted by atomic mass is 16.8. The van der Waals surface area contributed by atoms with Crippen molar-refractivity contribution in [3.8, 4) is 6.07 Å². The van der Waals surface area contributed by atoms with E-state index in [2.05, 4.69) is 144 Å². The number of hydrogen-bond acceptors (Lipinski definition) is 17. The molecule has 1 aromatic heterocycles. The van der Waals surface area contributed by atoms with E-state index >= 15 is 0 Å². The Morgan fingerprint density at radius 2 is 0.768 bits per heavy atom. The number of nitrogens with one attached hydrogen (secondary N) is 1. The number of carbonyl (C=O) groups is 1. The maximum atomic E-state index is 11.8. The van der Waals surface area contributed by atoms with Crippen LogP contribution in [0.1, 0.15) is 355 Å². The molecule has 0 aliphatic heterocycles. The van der Waals surface area contributed by atoms with Gasteiger partial charge in [0.05, 0.1) is 55.4 Å². The van der Waals surface area contributed by atoms with Crippen LogP contribution in [-0.4, -0.2) is 118 Å². The number of fused-ring (bicyclic) bond motifs is 20. The molecule has 16 saturated carbocycles. The first kappa shape index (κ1) is 97.2. The van der Waals surface area contributed by atoms with Gasteiger partial charge in [-0.15, -0.1) is 0 Å². The summed E-state index contributed by atoms with van der Waals surface area (Å²) in [7, 11) is 0. The number of hydrogen-bond donors (Lipinski definition) is 11. The third kappa shape index (κ3) is 17.0. The SMILES string of the molecule is CCOC(=O)ON=C(N)C[C@@H](C)[C@H]1CCC2C3C(CC[C@@]21C)[C@@]1(C)CC[C@@H](O)C[C@H]1[C@@H](CC)[C@H]3O.CC[C@H]1[C@@H](O)C2C3CC[C@H]([C@H](C)CC#N)[C@@]3(C)CCC2[C@@]2(C)CC[C@@H](C)C[C@@H]12.CC[C@H]1[C@@H](O)C2C3CC[C@H]([C@H](C)CC(N)=NO)[C@@]3(C)CCC2[C@@]2(C)CC[C@@H](O)C[C@@H]12.CC[C@H]1[C@@H](O)C2C3CC[C@H]([C@H](C)Cc4noc(=O)[nH]4)[C@@]3(C)CCC2[C@@]2(C)CC[C@@H](O)C[C@@H]12. The largest absolute Gasteiger partial charge is 0.535 e. The molecular formula is C105H177N7O13. The lowest BCUT2D eigenvalue weighted by Crippen LogP contribution is -2.62. The van der Waals surface area contributed by atoms with Crippen LogP contribution in [0, 0.1) is 226 Å². The zero-order chi connectivity index (χ0) is 90.5. The quantitative estimate of drug-likeness (QED) is 0.0172. The van der Waals surface area contributed by atoms with E-state index in [1.165, 1.54) is 103 Å².